The zero-order valence-corrected chi connectivity index (χ0v) is 24.5. The maximum atomic E-state index is 6.18. The minimum Gasteiger partial charge on any atom is -0.456 e. The number of benzene rings is 7. The van der Waals surface area contributed by atoms with Gasteiger partial charge in [-0.15, -0.1) is 0 Å². The van der Waals surface area contributed by atoms with Gasteiger partial charge < -0.3 is 4.42 Å². The van der Waals surface area contributed by atoms with Crippen molar-refractivity contribution in [3.05, 3.63) is 164 Å². The third kappa shape index (κ3) is 4.25. The van der Waals surface area contributed by atoms with Gasteiger partial charge in [0.15, 0.2) is 0 Å². The van der Waals surface area contributed by atoms with Crippen LogP contribution in [-0.2, 0) is 0 Å². The van der Waals surface area contributed by atoms with E-state index in [9.17, 15) is 0 Å². The summed E-state index contributed by atoms with van der Waals surface area (Å²) in [5, 5.41) is 8.62. The second-order valence-electron chi connectivity index (χ2n) is 11.4. The van der Waals surface area contributed by atoms with E-state index in [-0.39, 0.29) is 0 Å². The van der Waals surface area contributed by atoms with Gasteiger partial charge in [-0.2, -0.15) is 0 Å². The summed E-state index contributed by atoms with van der Waals surface area (Å²) in [4.78, 5) is 0. The van der Waals surface area contributed by atoms with Crippen LogP contribution in [0.25, 0.3) is 82.7 Å². The van der Waals surface area contributed by atoms with E-state index in [4.69, 9.17) is 4.42 Å². The summed E-state index contributed by atoms with van der Waals surface area (Å²) in [7, 11) is 0. The Labute approximate surface area is 257 Å². The first-order valence-corrected chi connectivity index (χ1v) is 15.1. The van der Waals surface area contributed by atoms with Gasteiger partial charge in [0.05, 0.1) is 0 Å². The predicted molar refractivity (Wildman–Crippen MR) is 189 cm³/mol. The number of fused-ring (bicyclic) bond motifs is 4. The molecular weight excluding hydrogens is 532 g/mol. The van der Waals surface area contributed by atoms with Gasteiger partial charge in [0.2, 0.25) is 0 Å². The van der Waals surface area contributed by atoms with Crippen molar-refractivity contribution >= 4 is 49.4 Å². The van der Waals surface area contributed by atoms with E-state index >= 15 is 0 Å². The Morgan fingerprint density at radius 1 is 0.500 bits per heavy atom. The largest absolute Gasteiger partial charge is 0.456 e. The molecule has 208 valence electrons. The molecule has 44 heavy (non-hydrogen) atoms. The van der Waals surface area contributed by atoms with Crippen LogP contribution >= 0.6 is 0 Å². The van der Waals surface area contributed by atoms with Gasteiger partial charge in [-0.3, -0.25) is 0 Å². The highest BCUT2D eigenvalue weighted by Gasteiger charge is 2.18. The quantitative estimate of drug-likeness (QED) is 0.150. The lowest BCUT2D eigenvalue weighted by atomic mass is 9.85. The van der Waals surface area contributed by atoms with Crippen molar-refractivity contribution in [3.8, 4) is 33.4 Å². The van der Waals surface area contributed by atoms with Crippen molar-refractivity contribution in [2.75, 3.05) is 0 Å². The molecule has 0 amide bonds. The third-order valence-corrected chi connectivity index (χ3v) is 8.81. The van der Waals surface area contributed by atoms with Gasteiger partial charge in [0.1, 0.15) is 11.3 Å². The number of aryl methyl sites for hydroxylation is 1. The first-order valence-electron chi connectivity index (χ1n) is 15.1. The molecule has 0 unspecified atom stereocenters. The van der Waals surface area contributed by atoms with E-state index in [1.807, 2.05) is 12.2 Å². The van der Waals surface area contributed by atoms with Crippen molar-refractivity contribution in [3.63, 3.8) is 0 Å². The summed E-state index contributed by atoms with van der Waals surface area (Å²) in [5.74, 6) is 0.869. The maximum Gasteiger partial charge on any atom is 0.135 e. The number of rotatable bonds is 5. The third-order valence-electron chi connectivity index (χ3n) is 8.81. The van der Waals surface area contributed by atoms with E-state index in [2.05, 4.69) is 147 Å². The molecule has 0 spiro atoms. The Hall–Kier alpha value is -5.66. The molecule has 0 aliphatic carbocycles. The molecule has 1 nitrogen and oxygen atoms in total. The van der Waals surface area contributed by atoms with E-state index < -0.39 is 0 Å². The normalized spacial score (nSPS) is 11.8. The summed E-state index contributed by atoms with van der Waals surface area (Å²) in [6.45, 7) is 5.93. The van der Waals surface area contributed by atoms with Crippen LogP contribution in [0.1, 0.15) is 11.3 Å². The Morgan fingerprint density at radius 3 is 1.75 bits per heavy atom. The fourth-order valence-corrected chi connectivity index (χ4v) is 6.68. The molecule has 0 saturated heterocycles. The van der Waals surface area contributed by atoms with Crippen LogP contribution < -0.4 is 0 Å². The molecule has 0 atom stereocenters. The molecule has 0 radical (unpaired) electrons. The molecule has 7 aromatic carbocycles. The number of hydrogen-bond donors (Lipinski definition) is 0. The predicted octanol–water partition coefficient (Wildman–Crippen LogP) is 12.4. The van der Waals surface area contributed by atoms with Crippen molar-refractivity contribution in [1.82, 2.24) is 0 Å². The van der Waals surface area contributed by atoms with Crippen LogP contribution in [0.5, 0.6) is 0 Å². The zero-order valence-electron chi connectivity index (χ0n) is 24.5. The summed E-state index contributed by atoms with van der Waals surface area (Å²) in [6, 6.07) is 48.5. The van der Waals surface area contributed by atoms with Crippen LogP contribution in [-0.4, -0.2) is 0 Å². The average molecular weight is 563 g/mol. The molecule has 0 bridgehead atoms. The van der Waals surface area contributed by atoms with E-state index in [1.165, 1.54) is 65.7 Å². The van der Waals surface area contributed by atoms with Crippen molar-refractivity contribution in [2.24, 2.45) is 0 Å². The maximum absolute atomic E-state index is 6.18. The molecule has 8 aromatic rings. The molecule has 0 N–H and O–H groups in total. The lowest BCUT2D eigenvalue weighted by Gasteiger charge is -2.18. The Bertz CT molecular complexity index is 2360. The Balaban J connectivity index is 1.36. The van der Waals surface area contributed by atoms with E-state index in [0.29, 0.717) is 0 Å². The minimum absolute atomic E-state index is 0.869. The molecule has 0 aliphatic heterocycles. The molecule has 1 aromatic heterocycles. The van der Waals surface area contributed by atoms with Crippen LogP contribution in [0, 0.1) is 6.92 Å². The lowest BCUT2D eigenvalue weighted by molar-refractivity contribution is 0.601. The highest BCUT2D eigenvalue weighted by Crippen LogP contribution is 2.45. The Kier molecular flexibility index (Phi) is 6.24. The topological polar surface area (TPSA) is 13.1 Å². The molecule has 0 saturated carbocycles. The van der Waals surface area contributed by atoms with Gasteiger partial charge in [-0.05, 0) is 103 Å². The summed E-state index contributed by atoms with van der Waals surface area (Å²) >= 11 is 0. The fourth-order valence-electron chi connectivity index (χ4n) is 6.68. The molecule has 0 fully saturated rings. The second kappa shape index (κ2) is 10.6. The molecular formula is C43H30O. The first-order chi connectivity index (χ1) is 21.7. The summed E-state index contributed by atoms with van der Waals surface area (Å²) < 4.78 is 6.18. The smallest absolute Gasteiger partial charge is 0.135 e. The summed E-state index contributed by atoms with van der Waals surface area (Å²) in [6.07, 6.45) is 5.67. The number of allylic oxidation sites excluding steroid dienone is 2. The second-order valence-corrected chi connectivity index (χ2v) is 11.4. The standard InChI is InChI=1S/C43H30O/c1-3-4-20-40-28(2)39-27-34(23-24-41(39)44-40)43-37-18-9-7-16-35(37)42(36-17-8-10-19-38(36)43)33-15-11-14-31(26-33)32-22-21-29-12-5-6-13-30(29)25-32/h3-27H,1H2,2H3/b20-4-. The monoisotopic (exact) mass is 562 g/mol. The van der Waals surface area contributed by atoms with Crippen LogP contribution in [0.4, 0.5) is 0 Å². The summed E-state index contributed by atoms with van der Waals surface area (Å²) in [5.41, 5.74) is 9.38. The van der Waals surface area contributed by atoms with Crippen molar-refractivity contribution in [2.45, 2.75) is 6.92 Å². The van der Waals surface area contributed by atoms with Gasteiger partial charge in [0.25, 0.3) is 0 Å². The van der Waals surface area contributed by atoms with Gasteiger partial charge >= 0.3 is 0 Å². The lowest BCUT2D eigenvalue weighted by Crippen LogP contribution is -1.91. The zero-order chi connectivity index (χ0) is 29.6. The molecule has 1 heteroatoms. The molecule has 8 rings (SSSR count). The highest BCUT2D eigenvalue weighted by molar-refractivity contribution is 6.21. The van der Waals surface area contributed by atoms with Gasteiger partial charge in [-0.1, -0.05) is 128 Å². The van der Waals surface area contributed by atoms with Crippen LogP contribution in [0.2, 0.25) is 0 Å². The number of hydrogen-bond acceptors (Lipinski definition) is 1. The van der Waals surface area contributed by atoms with Crippen LogP contribution in [0.15, 0.2) is 157 Å². The molecule has 1 heterocycles. The van der Waals surface area contributed by atoms with Gasteiger partial charge in [0, 0.05) is 10.9 Å². The van der Waals surface area contributed by atoms with E-state index in [0.717, 1.165) is 22.3 Å². The minimum atomic E-state index is 0.869. The molecule has 0 aliphatic rings. The number of furan rings is 1. The SMILES string of the molecule is C=C/C=C\c1oc2ccc(-c3c4ccccc4c(-c4cccc(-c5ccc6ccccc6c5)c4)c4ccccc34)cc2c1C. The van der Waals surface area contributed by atoms with Crippen molar-refractivity contribution < 1.29 is 4.42 Å². The Morgan fingerprint density at radius 2 is 1.07 bits per heavy atom. The van der Waals surface area contributed by atoms with E-state index in [1.54, 1.807) is 6.08 Å². The highest BCUT2D eigenvalue weighted by atomic mass is 16.3. The van der Waals surface area contributed by atoms with Crippen molar-refractivity contribution in [1.29, 1.82) is 0 Å². The van der Waals surface area contributed by atoms with Gasteiger partial charge in [-0.25, -0.2) is 0 Å². The first kappa shape index (κ1) is 26.0. The average Bonchev–Trinajstić information content (AvgIpc) is 3.40. The van der Waals surface area contributed by atoms with Crippen LogP contribution in [0.3, 0.4) is 0 Å². The fraction of sp³-hybridized carbons (Fsp3) is 0.0233.